The van der Waals surface area contributed by atoms with Gasteiger partial charge in [0.2, 0.25) is 0 Å². The molecule has 0 atom stereocenters. The van der Waals surface area contributed by atoms with Crippen molar-refractivity contribution in [1.82, 2.24) is 5.32 Å². The number of hydrogen-bond acceptors (Lipinski definition) is 3. The average Bonchev–Trinajstić information content (AvgIpc) is 2.54. The summed E-state index contributed by atoms with van der Waals surface area (Å²) >= 11 is 6.73. The molecule has 0 spiro atoms. The van der Waals surface area contributed by atoms with Crippen molar-refractivity contribution in [2.45, 2.75) is 19.9 Å². The molecule has 2 amide bonds. The maximum atomic E-state index is 12.2. The monoisotopic (exact) mass is 468 g/mol. The Hall–Kier alpha value is -1.86. The molecular weight excluding hydrogens is 452 g/mol. The van der Waals surface area contributed by atoms with Crippen molar-refractivity contribution in [2.24, 2.45) is 0 Å². The summed E-state index contributed by atoms with van der Waals surface area (Å²) in [5.74, 6) is -0.0220. The third-order valence-corrected chi connectivity index (χ3v) is 4.23. The molecule has 0 bridgehead atoms. The van der Waals surface area contributed by atoms with E-state index in [1.165, 1.54) is 0 Å². The minimum Gasteiger partial charge on any atom is -0.483 e. The van der Waals surface area contributed by atoms with Gasteiger partial charge in [-0.15, -0.1) is 0 Å². The molecule has 2 rings (SSSR count). The normalized spacial score (nSPS) is 10.4. The van der Waals surface area contributed by atoms with Gasteiger partial charge in [-0.2, -0.15) is 0 Å². The van der Waals surface area contributed by atoms with Gasteiger partial charge in [-0.25, -0.2) is 0 Å². The summed E-state index contributed by atoms with van der Waals surface area (Å²) in [6.07, 6.45) is 0. The molecule has 0 radical (unpaired) electrons. The van der Waals surface area contributed by atoms with Crippen LogP contribution in [0.25, 0.3) is 0 Å². The number of ether oxygens (including phenoxy) is 1. The zero-order valence-electron chi connectivity index (χ0n) is 13.8. The number of benzene rings is 2. The van der Waals surface area contributed by atoms with E-state index in [0.717, 1.165) is 8.95 Å². The zero-order chi connectivity index (χ0) is 18.4. The highest BCUT2D eigenvalue weighted by Gasteiger charge is 2.14. The molecule has 2 aromatic carbocycles. The molecule has 0 aliphatic carbocycles. The second-order valence-electron chi connectivity index (χ2n) is 5.59. The van der Waals surface area contributed by atoms with Gasteiger partial charge in [0.15, 0.2) is 6.61 Å². The topological polar surface area (TPSA) is 67.4 Å². The smallest absolute Gasteiger partial charge is 0.262 e. The lowest BCUT2D eigenvalue weighted by Crippen LogP contribution is -2.31. The molecule has 0 aliphatic rings. The Morgan fingerprint density at radius 1 is 1.12 bits per heavy atom. The van der Waals surface area contributed by atoms with E-state index in [2.05, 4.69) is 42.5 Å². The minimum absolute atomic E-state index is 0.00865. The van der Waals surface area contributed by atoms with E-state index in [0.29, 0.717) is 17.0 Å². The van der Waals surface area contributed by atoms with Crippen LogP contribution < -0.4 is 15.4 Å². The van der Waals surface area contributed by atoms with Crippen LogP contribution in [0.2, 0.25) is 0 Å². The van der Waals surface area contributed by atoms with E-state index in [9.17, 15) is 9.59 Å². The van der Waals surface area contributed by atoms with Gasteiger partial charge in [0, 0.05) is 10.5 Å². The predicted octanol–water partition coefficient (Wildman–Crippen LogP) is 4.37. The first-order valence-electron chi connectivity index (χ1n) is 7.64. The quantitative estimate of drug-likeness (QED) is 0.660. The van der Waals surface area contributed by atoms with Crippen LogP contribution in [0.3, 0.4) is 0 Å². The van der Waals surface area contributed by atoms with Gasteiger partial charge in [0.1, 0.15) is 5.75 Å². The number of amides is 2. The van der Waals surface area contributed by atoms with Crippen LogP contribution in [0.1, 0.15) is 24.2 Å². The predicted molar refractivity (Wildman–Crippen MR) is 105 cm³/mol. The van der Waals surface area contributed by atoms with E-state index in [-0.39, 0.29) is 24.5 Å². The van der Waals surface area contributed by atoms with Crippen LogP contribution in [0.4, 0.5) is 5.69 Å². The first-order valence-corrected chi connectivity index (χ1v) is 9.23. The van der Waals surface area contributed by atoms with E-state index in [1.807, 2.05) is 26.0 Å². The zero-order valence-corrected chi connectivity index (χ0v) is 17.0. The van der Waals surface area contributed by atoms with E-state index >= 15 is 0 Å². The van der Waals surface area contributed by atoms with Crippen molar-refractivity contribution in [3.63, 3.8) is 0 Å². The summed E-state index contributed by atoms with van der Waals surface area (Å²) in [6, 6.07) is 12.3. The lowest BCUT2D eigenvalue weighted by Gasteiger charge is -2.13. The number of halogens is 2. The average molecular weight is 470 g/mol. The molecule has 132 valence electrons. The number of carbonyl (C=O) groups excluding carboxylic acids is 2. The van der Waals surface area contributed by atoms with Gasteiger partial charge in [-0.1, -0.05) is 28.1 Å². The highest BCUT2D eigenvalue weighted by atomic mass is 79.9. The van der Waals surface area contributed by atoms with Crippen molar-refractivity contribution in [2.75, 3.05) is 11.9 Å². The molecule has 0 fully saturated rings. The number of para-hydroxylation sites is 1. The van der Waals surface area contributed by atoms with Crippen LogP contribution in [0.15, 0.2) is 51.4 Å². The Bertz CT molecular complexity index is 779. The third kappa shape index (κ3) is 5.86. The fourth-order valence-corrected chi connectivity index (χ4v) is 3.21. The van der Waals surface area contributed by atoms with Crippen LogP contribution in [0.5, 0.6) is 5.75 Å². The minimum atomic E-state index is -0.348. The number of hydrogen-bond donors (Lipinski definition) is 2. The fourth-order valence-electron chi connectivity index (χ4n) is 2.05. The molecule has 5 nitrogen and oxygen atoms in total. The number of anilines is 1. The maximum absolute atomic E-state index is 12.2. The molecule has 7 heteroatoms. The Kier molecular flexibility index (Phi) is 7.01. The summed E-state index contributed by atoms with van der Waals surface area (Å²) < 4.78 is 7.16. The highest BCUT2D eigenvalue weighted by molar-refractivity contribution is 9.11. The highest BCUT2D eigenvalue weighted by Crippen LogP contribution is 2.28. The lowest BCUT2D eigenvalue weighted by molar-refractivity contribution is -0.118. The van der Waals surface area contributed by atoms with Crippen LogP contribution >= 0.6 is 31.9 Å². The molecular formula is C18H18Br2N2O3. The Balaban J connectivity index is 2.02. The van der Waals surface area contributed by atoms with Crippen LogP contribution in [0, 0.1) is 0 Å². The van der Waals surface area contributed by atoms with Gasteiger partial charge >= 0.3 is 0 Å². The SMILES string of the molecule is CC(C)NC(=O)c1ccccc1NC(=O)COc1ccc(Br)cc1Br. The molecule has 0 heterocycles. The summed E-state index contributed by atoms with van der Waals surface area (Å²) in [7, 11) is 0. The lowest BCUT2D eigenvalue weighted by atomic mass is 10.1. The number of rotatable bonds is 6. The van der Waals surface area contributed by atoms with Crippen molar-refractivity contribution in [3.8, 4) is 5.75 Å². The summed E-state index contributed by atoms with van der Waals surface area (Å²) in [5, 5.41) is 5.53. The van der Waals surface area contributed by atoms with Gasteiger partial charge in [0.05, 0.1) is 15.7 Å². The molecule has 0 saturated carbocycles. The van der Waals surface area contributed by atoms with Gasteiger partial charge in [0.25, 0.3) is 11.8 Å². The molecule has 0 unspecified atom stereocenters. The first kappa shape index (κ1) is 19.5. The fraction of sp³-hybridized carbons (Fsp3) is 0.222. The largest absolute Gasteiger partial charge is 0.483 e. The van der Waals surface area contributed by atoms with E-state index in [1.54, 1.807) is 30.3 Å². The molecule has 25 heavy (non-hydrogen) atoms. The summed E-state index contributed by atoms with van der Waals surface area (Å²) in [6.45, 7) is 3.59. The summed E-state index contributed by atoms with van der Waals surface area (Å²) in [4.78, 5) is 24.4. The van der Waals surface area contributed by atoms with Gasteiger partial charge in [-0.3, -0.25) is 9.59 Å². The number of carbonyl (C=O) groups is 2. The van der Waals surface area contributed by atoms with E-state index < -0.39 is 0 Å². The van der Waals surface area contributed by atoms with Crippen molar-refractivity contribution in [3.05, 3.63) is 57.0 Å². The first-order chi connectivity index (χ1) is 11.9. The second-order valence-corrected chi connectivity index (χ2v) is 7.36. The van der Waals surface area contributed by atoms with Crippen LogP contribution in [-0.4, -0.2) is 24.5 Å². The maximum Gasteiger partial charge on any atom is 0.262 e. The molecule has 2 aromatic rings. The second kappa shape index (κ2) is 9.01. The molecule has 0 aromatic heterocycles. The van der Waals surface area contributed by atoms with E-state index in [4.69, 9.17) is 4.74 Å². The summed E-state index contributed by atoms with van der Waals surface area (Å²) in [5.41, 5.74) is 0.860. The third-order valence-electron chi connectivity index (χ3n) is 3.12. The Labute approximate surface area is 163 Å². The van der Waals surface area contributed by atoms with Crippen molar-refractivity contribution < 1.29 is 14.3 Å². The van der Waals surface area contributed by atoms with Gasteiger partial charge < -0.3 is 15.4 Å². The number of nitrogens with one attached hydrogen (secondary N) is 2. The standard InChI is InChI=1S/C18H18Br2N2O3/c1-11(2)21-18(24)13-5-3-4-6-15(13)22-17(23)10-25-16-8-7-12(19)9-14(16)20/h3-9,11H,10H2,1-2H3,(H,21,24)(H,22,23). The Morgan fingerprint density at radius 3 is 2.52 bits per heavy atom. The molecule has 2 N–H and O–H groups in total. The van der Waals surface area contributed by atoms with Crippen molar-refractivity contribution >= 4 is 49.4 Å². The molecule has 0 saturated heterocycles. The van der Waals surface area contributed by atoms with Gasteiger partial charge in [-0.05, 0) is 60.1 Å². The molecule has 0 aliphatic heterocycles. The Morgan fingerprint density at radius 2 is 1.84 bits per heavy atom. The van der Waals surface area contributed by atoms with Crippen molar-refractivity contribution in [1.29, 1.82) is 0 Å². The van der Waals surface area contributed by atoms with Crippen LogP contribution in [-0.2, 0) is 4.79 Å².